The van der Waals surface area contributed by atoms with Gasteiger partial charge in [0.2, 0.25) is 0 Å². The minimum atomic E-state index is -0.132. The van der Waals surface area contributed by atoms with Crippen molar-refractivity contribution in [1.29, 1.82) is 0 Å². The Bertz CT molecular complexity index is 654. The van der Waals surface area contributed by atoms with Crippen molar-refractivity contribution in [2.24, 2.45) is 0 Å². The number of aliphatic hydroxyl groups excluding tert-OH is 1. The molecule has 0 aromatic heterocycles. The van der Waals surface area contributed by atoms with E-state index in [1.165, 1.54) is 0 Å². The second kappa shape index (κ2) is 7.00. The lowest BCUT2D eigenvalue weighted by molar-refractivity contribution is 0.306. The molecule has 0 atom stereocenters. The topological polar surface area (TPSA) is 29.5 Å². The largest absolute Gasteiger partial charge is 0.489 e. The Morgan fingerprint density at radius 2 is 2.05 bits per heavy atom. The van der Waals surface area contributed by atoms with E-state index < -0.39 is 0 Å². The average molecular weight is 287 g/mol. The maximum absolute atomic E-state index is 8.70. The van der Waals surface area contributed by atoms with Gasteiger partial charge in [0, 0.05) is 10.6 Å². The predicted molar refractivity (Wildman–Crippen MR) is 80.9 cm³/mol. The molecule has 2 rings (SSSR count). The molecule has 0 amide bonds. The number of hydrogen-bond donors (Lipinski definition) is 1. The van der Waals surface area contributed by atoms with Crippen LogP contribution in [0.25, 0.3) is 0 Å². The Morgan fingerprint density at radius 3 is 2.75 bits per heavy atom. The van der Waals surface area contributed by atoms with Gasteiger partial charge in [-0.05, 0) is 48.4 Å². The Labute approximate surface area is 124 Å². The van der Waals surface area contributed by atoms with Crippen LogP contribution in [0.1, 0.15) is 16.7 Å². The predicted octanol–water partition coefficient (Wildman–Crippen LogP) is 3.57. The van der Waals surface area contributed by atoms with E-state index in [4.69, 9.17) is 21.4 Å². The molecular weight excluding hydrogens is 272 g/mol. The lowest BCUT2D eigenvalue weighted by Crippen LogP contribution is -1.96. The van der Waals surface area contributed by atoms with Crippen LogP contribution >= 0.6 is 11.6 Å². The lowest BCUT2D eigenvalue weighted by Gasteiger charge is -2.08. The highest BCUT2D eigenvalue weighted by atomic mass is 35.5. The number of aliphatic hydroxyl groups is 1. The monoisotopic (exact) mass is 286 g/mol. The van der Waals surface area contributed by atoms with E-state index >= 15 is 0 Å². The van der Waals surface area contributed by atoms with Crippen molar-refractivity contribution >= 4 is 11.6 Å². The molecule has 0 heterocycles. The molecule has 3 heteroatoms. The van der Waals surface area contributed by atoms with E-state index in [0.717, 1.165) is 22.4 Å². The summed E-state index contributed by atoms with van der Waals surface area (Å²) in [7, 11) is 0. The third-order valence-electron chi connectivity index (χ3n) is 2.79. The van der Waals surface area contributed by atoms with E-state index in [1.807, 2.05) is 49.4 Å². The van der Waals surface area contributed by atoms with Crippen molar-refractivity contribution in [1.82, 2.24) is 0 Å². The van der Waals surface area contributed by atoms with Gasteiger partial charge in [0.05, 0.1) is 0 Å². The van der Waals surface area contributed by atoms with Crippen LogP contribution in [0.2, 0.25) is 5.02 Å². The molecule has 0 spiro atoms. The number of rotatable bonds is 3. The van der Waals surface area contributed by atoms with Crippen molar-refractivity contribution in [3.8, 4) is 17.6 Å². The molecular formula is C17H15ClO2. The summed E-state index contributed by atoms with van der Waals surface area (Å²) in [6.07, 6.45) is 0. The van der Waals surface area contributed by atoms with Gasteiger partial charge < -0.3 is 9.84 Å². The SMILES string of the molecule is Cc1cc(OCc2cccc(Cl)c2)ccc1C#CCO. The van der Waals surface area contributed by atoms with E-state index in [2.05, 4.69) is 11.8 Å². The smallest absolute Gasteiger partial charge is 0.120 e. The first-order valence-corrected chi connectivity index (χ1v) is 6.64. The maximum Gasteiger partial charge on any atom is 0.120 e. The van der Waals surface area contributed by atoms with Gasteiger partial charge in [-0.15, -0.1) is 0 Å². The zero-order chi connectivity index (χ0) is 14.4. The van der Waals surface area contributed by atoms with Crippen LogP contribution in [0.4, 0.5) is 0 Å². The third-order valence-corrected chi connectivity index (χ3v) is 3.03. The average Bonchev–Trinajstić information content (AvgIpc) is 2.44. The molecule has 0 aliphatic carbocycles. The summed E-state index contributed by atoms with van der Waals surface area (Å²) in [5.41, 5.74) is 2.95. The van der Waals surface area contributed by atoms with Crippen LogP contribution in [-0.2, 0) is 6.61 Å². The van der Waals surface area contributed by atoms with Crippen LogP contribution < -0.4 is 4.74 Å². The first kappa shape index (κ1) is 14.5. The highest BCUT2D eigenvalue weighted by Gasteiger charge is 2.00. The third kappa shape index (κ3) is 4.03. The van der Waals surface area contributed by atoms with Crippen LogP contribution in [0, 0.1) is 18.8 Å². The molecule has 0 unspecified atom stereocenters. The number of benzene rings is 2. The molecule has 0 saturated heterocycles. The fraction of sp³-hybridized carbons (Fsp3) is 0.176. The molecule has 0 aliphatic rings. The number of ether oxygens (including phenoxy) is 1. The van der Waals surface area contributed by atoms with Crippen LogP contribution in [-0.4, -0.2) is 11.7 Å². The molecule has 0 radical (unpaired) electrons. The van der Waals surface area contributed by atoms with Crippen molar-refractivity contribution in [2.75, 3.05) is 6.61 Å². The Morgan fingerprint density at radius 1 is 1.20 bits per heavy atom. The van der Waals surface area contributed by atoms with E-state index in [1.54, 1.807) is 0 Å². The quantitative estimate of drug-likeness (QED) is 0.874. The Hall–Kier alpha value is -1.95. The van der Waals surface area contributed by atoms with Gasteiger partial charge in [-0.3, -0.25) is 0 Å². The van der Waals surface area contributed by atoms with Crippen molar-refractivity contribution < 1.29 is 9.84 Å². The van der Waals surface area contributed by atoms with Crippen LogP contribution in [0.3, 0.4) is 0 Å². The van der Waals surface area contributed by atoms with Gasteiger partial charge in [0.25, 0.3) is 0 Å². The summed E-state index contributed by atoms with van der Waals surface area (Å²) in [6, 6.07) is 13.3. The van der Waals surface area contributed by atoms with Crippen molar-refractivity contribution in [2.45, 2.75) is 13.5 Å². The van der Waals surface area contributed by atoms with Gasteiger partial charge in [-0.25, -0.2) is 0 Å². The van der Waals surface area contributed by atoms with E-state index in [-0.39, 0.29) is 6.61 Å². The zero-order valence-corrected chi connectivity index (χ0v) is 11.9. The molecule has 0 fully saturated rings. The minimum Gasteiger partial charge on any atom is -0.489 e. The maximum atomic E-state index is 8.70. The van der Waals surface area contributed by atoms with Gasteiger partial charge in [0.15, 0.2) is 0 Å². The molecule has 0 bridgehead atoms. The Balaban J connectivity index is 2.05. The molecule has 2 aromatic rings. The van der Waals surface area contributed by atoms with Gasteiger partial charge in [-0.1, -0.05) is 35.6 Å². The van der Waals surface area contributed by atoms with E-state index in [9.17, 15) is 0 Å². The van der Waals surface area contributed by atoms with Crippen LogP contribution in [0.15, 0.2) is 42.5 Å². The highest BCUT2D eigenvalue weighted by molar-refractivity contribution is 6.30. The van der Waals surface area contributed by atoms with E-state index in [0.29, 0.717) is 11.6 Å². The first-order chi connectivity index (χ1) is 9.69. The summed E-state index contributed by atoms with van der Waals surface area (Å²) in [6.45, 7) is 2.31. The minimum absolute atomic E-state index is 0.132. The molecule has 102 valence electrons. The number of aryl methyl sites for hydroxylation is 1. The summed E-state index contributed by atoms with van der Waals surface area (Å²) in [5.74, 6) is 6.33. The zero-order valence-electron chi connectivity index (χ0n) is 11.2. The second-order valence-electron chi connectivity index (χ2n) is 4.36. The van der Waals surface area contributed by atoms with Gasteiger partial charge in [0.1, 0.15) is 19.0 Å². The summed E-state index contributed by atoms with van der Waals surface area (Å²) < 4.78 is 5.73. The lowest BCUT2D eigenvalue weighted by atomic mass is 10.1. The van der Waals surface area contributed by atoms with Gasteiger partial charge >= 0.3 is 0 Å². The van der Waals surface area contributed by atoms with Crippen molar-refractivity contribution in [3.63, 3.8) is 0 Å². The fourth-order valence-electron chi connectivity index (χ4n) is 1.79. The van der Waals surface area contributed by atoms with Gasteiger partial charge in [-0.2, -0.15) is 0 Å². The molecule has 0 aliphatic heterocycles. The number of halogens is 1. The molecule has 0 saturated carbocycles. The standard InChI is InChI=1S/C17H15ClO2/c1-13-10-17(8-7-15(13)5-3-9-19)20-12-14-4-2-6-16(18)11-14/h2,4,6-8,10-11,19H,9,12H2,1H3. The summed E-state index contributed by atoms with van der Waals surface area (Å²) in [5, 5.41) is 9.40. The highest BCUT2D eigenvalue weighted by Crippen LogP contribution is 2.19. The molecule has 2 nitrogen and oxygen atoms in total. The molecule has 1 N–H and O–H groups in total. The normalized spacial score (nSPS) is 9.75. The summed E-state index contributed by atoms with van der Waals surface area (Å²) in [4.78, 5) is 0. The fourth-order valence-corrected chi connectivity index (χ4v) is 2.01. The molecule has 2 aromatic carbocycles. The molecule has 20 heavy (non-hydrogen) atoms. The summed E-state index contributed by atoms with van der Waals surface area (Å²) >= 11 is 5.93. The Kier molecular flexibility index (Phi) is 5.06. The number of hydrogen-bond acceptors (Lipinski definition) is 2. The second-order valence-corrected chi connectivity index (χ2v) is 4.79. The van der Waals surface area contributed by atoms with Crippen molar-refractivity contribution in [3.05, 3.63) is 64.2 Å². The van der Waals surface area contributed by atoms with Crippen LogP contribution in [0.5, 0.6) is 5.75 Å². The first-order valence-electron chi connectivity index (χ1n) is 6.26.